The van der Waals surface area contributed by atoms with E-state index in [-0.39, 0.29) is 11.9 Å². The Hall–Kier alpha value is -2.29. The quantitative estimate of drug-likeness (QED) is 0.875. The molecule has 24 heavy (non-hydrogen) atoms. The molecule has 0 heterocycles. The van der Waals surface area contributed by atoms with E-state index in [2.05, 4.69) is 37.4 Å². The highest BCUT2D eigenvalue weighted by molar-refractivity contribution is 5.81. The van der Waals surface area contributed by atoms with Crippen molar-refractivity contribution in [3.05, 3.63) is 64.2 Å². The van der Waals surface area contributed by atoms with Crippen molar-refractivity contribution in [2.75, 3.05) is 0 Å². The number of hydrogen-bond acceptors (Lipinski definition) is 2. The Bertz CT molecular complexity index is 737. The highest BCUT2D eigenvalue weighted by Gasteiger charge is 2.18. The first-order chi connectivity index (χ1) is 11.3. The maximum atomic E-state index is 12.4. The van der Waals surface area contributed by atoms with Crippen molar-refractivity contribution in [1.82, 2.24) is 5.32 Å². The maximum Gasteiger partial charge on any atom is 0.261 e. The zero-order chi connectivity index (χ0) is 17.9. The number of amides is 1. The first kappa shape index (κ1) is 18.1. The molecule has 0 radical (unpaired) electrons. The van der Waals surface area contributed by atoms with Crippen molar-refractivity contribution in [1.29, 1.82) is 0 Å². The van der Waals surface area contributed by atoms with Crippen LogP contribution in [0.1, 0.15) is 47.7 Å². The first-order valence-electron chi connectivity index (χ1n) is 8.40. The summed E-state index contributed by atoms with van der Waals surface area (Å²) in [6.07, 6.45) is -0.542. The van der Waals surface area contributed by atoms with Gasteiger partial charge in [0.15, 0.2) is 6.10 Å². The summed E-state index contributed by atoms with van der Waals surface area (Å²) in [5.74, 6) is 0.651. The molecule has 3 heteroatoms. The van der Waals surface area contributed by atoms with Crippen molar-refractivity contribution in [2.24, 2.45) is 0 Å². The molecule has 0 unspecified atom stereocenters. The van der Waals surface area contributed by atoms with Gasteiger partial charge in [0.05, 0.1) is 6.04 Å². The number of carbonyl (C=O) groups excluding carboxylic acids is 1. The molecule has 3 nitrogen and oxygen atoms in total. The topological polar surface area (TPSA) is 38.3 Å². The van der Waals surface area contributed by atoms with Gasteiger partial charge in [-0.3, -0.25) is 4.79 Å². The van der Waals surface area contributed by atoms with E-state index in [0.29, 0.717) is 0 Å². The van der Waals surface area contributed by atoms with Gasteiger partial charge in [-0.15, -0.1) is 0 Å². The van der Waals surface area contributed by atoms with Crippen LogP contribution in [0.5, 0.6) is 5.75 Å². The maximum absolute atomic E-state index is 12.4. The van der Waals surface area contributed by atoms with Crippen LogP contribution in [0.2, 0.25) is 0 Å². The Morgan fingerprint density at radius 3 is 2.33 bits per heavy atom. The first-order valence-corrected chi connectivity index (χ1v) is 8.40. The minimum atomic E-state index is -0.542. The standard InChI is InChI=1S/C21H27NO2/c1-13-10-11-19(12-15(13)3)17(5)22-21(23)18(6)24-20-9-7-8-14(2)16(20)4/h7-12,17-18H,1-6H3,(H,22,23)/t17-,18+/m1/s1. The lowest BCUT2D eigenvalue weighted by molar-refractivity contribution is -0.127. The third-order valence-electron chi connectivity index (χ3n) is 4.62. The highest BCUT2D eigenvalue weighted by atomic mass is 16.5. The normalized spacial score (nSPS) is 13.2. The van der Waals surface area contributed by atoms with Crippen LogP contribution in [0, 0.1) is 27.7 Å². The van der Waals surface area contributed by atoms with Crippen LogP contribution in [0.3, 0.4) is 0 Å². The van der Waals surface area contributed by atoms with Crippen molar-refractivity contribution >= 4 is 5.91 Å². The highest BCUT2D eigenvalue weighted by Crippen LogP contribution is 2.22. The molecule has 0 saturated heterocycles. The largest absolute Gasteiger partial charge is 0.481 e. The minimum absolute atomic E-state index is 0.0542. The van der Waals surface area contributed by atoms with E-state index in [1.165, 1.54) is 11.1 Å². The van der Waals surface area contributed by atoms with Crippen LogP contribution >= 0.6 is 0 Å². The molecule has 0 aliphatic heterocycles. The van der Waals surface area contributed by atoms with Crippen molar-refractivity contribution in [2.45, 2.75) is 53.7 Å². The van der Waals surface area contributed by atoms with Crippen molar-refractivity contribution in [3.63, 3.8) is 0 Å². The van der Waals surface area contributed by atoms with Crippen molar-refractivity contribution in [3.8, 4) is 5.75 Å². The number of hydrogen-bond donors (Lipinski definition) is 1. The SMILES string of the molecule is Cc1ccc([C@@H](C)NC(=O)[C@H](C)Oc2cccc(C)c2C)cc1C. The number of aryl methyl sites for hydroxylation is 3. The number of ether oxygens (including phenoxy) is 1. The molecule has 0 bridgehead atoms. The van der Waals surface area contributed by atoms with E-state index in [1.807, 2.05) is 39.0 Å². The average molecular weight is 325 g/mol. The molecule has 1 amide bonds. The molecular formula is C21H27NO2. The van der Waals surface area contributed by atoms with E-state index < -0.39 is 6.10 Å². The van der Waals surface area contributed by atoms with Crippen LogP contribution in [0.25, 0.3) is 0 Å². The number of rotatable bonds is 5. The zero-order valence-corrected chi connectivity index (χ0v) is 15.4. The Labute approximate surface area is 145 Å². The predicted octanol–water partition coefficient (Wildman–Crippen LogP) is 4.56. The lowest BCUT2D eigenvalue weighted by Crippen LogP contribution is -2.37. The van der Waals surface area contributed by atoms with Gasteiger partial charge in [0.2, 0.25) is 0 Å². The van der Waals surface area contributed by atoms with Gasteiger partial charge in [0.25, 0.3) is 5.91 Å². The molecule has 2 aromatic carbocycles. The molecule has 0 aromatic heterocycles. The van der Waals surface area contributed by atoms with Crippen LogP contribution in [-0.4, -0.2) is 12.0 Å². The molecule has 0 aliphatic rings. The lowest BCUT2D eigenvalue weighted by atomic mass is 10.0. The summed E-state index contributed by atoms with van der Waals surface area (Å²) >= 11 is 0. The fraction of sp³-hybridized carbons (Fsp3) is 0.381. The smallest absolute Gasteiger partial charge is 0.261 e. The van der Waals surface area contributed by atoms with Crippen molar-refractivity contribution < 1.29 is 9.53 Å². The number of benzene rings is 2. The Morgan fingerprint density at radius 2 is 1.67 bits per heavy atom. The second-order valence-electron chi connectivity index (χ2n) is 6.53. The van der Waals surface area contributed by atoms with Crippen LogP contribution in [0.15, 0.2) is 36.4 Å². The lowest BCUT2D eigenvalue weighted by Gasteiger charge is -2.20. The Balaban J connectivity index is 2.02. The molecule has 0 spiro atoms. The summed E-state index contributed by atoms with van der Waals surface area (Å²) in [7, 11) is 0. The Kier molecular flexibility index (Phi) is 5.66. The van der Waals surface area contributed by atoms with Gasteiger partial charge in [-0.1, -0.05) is 30.3 Å². The van der Waals surface area contributed by atoms with Gasteiger partial charge < -0.3 is 10.1 Å². The van der Waals surface area contributed by atoms with E-state index in [0.717, 1.165) is 22.4 Å². The fourth-order valence-electron chi connectivity index (χ4n) is 2.54. The van der Waals surface area contributed by atoms with Crippen LogP contribution in [0.4, 0.5) is 0 Å². The number of nitrogens with one attached hydrogen (secondary N) is 1. The average Bonchev–Trinajstić information content (AvgIpc) is 2.54. The predicted molar refractivity (Wildman–Crippen MR) is 98.5 cm³/mol. The molecule has 2 aromatic rings. The summed E-state index contributed by atoms with van der Waals surface area (Å²) in [6, 6.07) is 12.1. The molecule has 128 valence electrons. The second-order valence-corrected chi connectivity index (χ2v) is 6.53. The number of carbonyl (C=O) groups is 1. The molecule has 2 atom stereocenters. The van der Waals surface area contributed by atoms with Gasteiger partial charge >= 0.3 is 0 Å². The summed E-state index contributed by atoms with van der Waals surface area (Å²) < 4.78 is 5.86. The summed E-state index contributed by atoms with van der Waals surface area (Å²) in [5, 5.41) is 3.03. The molecule has 2 rings (SSSR count). The summed E-state index contributed by atoms with van der Waals surface area (Å²) in [5.41, 5.74) is 5.81. The van der Waals surface area contributed by atoms with Gasteiger partial charge in [0.1, 0.15) is 5.75 Å². The van der Waals surface area contributed by atoms with E-state index >= 15 is 0 Å². The van der Waals surface area contributed by atoms with Gasteiger partial charge in [-0.25, -0.2) is 0 Å². The monoisotopic (exact) mass is 325 g/mol. The second kappa shape index (κ2) is 7.52. The van der Waals surface area contributed by atoms with Gasteiger partial charge in [-0.05, 0) is 75.4 Å². The van der Waals surface area contributed by atoms with E-state index in [4.69, 9.17) is 4.74 Å². The van der Waals surface area contributed by atoms with E-state index in [1.54, 1.807) is 6.92 Å². The zero-order valence-electron chi connectivity index (χ0n) is 15.4. The van der Waals surface area contributed by atoms with Gasteiger partial charge in [-0.2, -0.15) is 0 Å². The summed E-state index contributed by atoms with van der Waals surface area (Å²) in [4.78, 5) is 12.4. The molecule has 1 N–H and O–H groups in total. The third-order valence-corrected chi connectivity index (χ3v) is 4.62. The molecule has 0 saturated carbocycles. The third kappa shape index (κ3) is 4.16. The van der Waals surface area contributed by atoms with Crippen LogP contribution in [-0.2, 0) is 4.79 Å². The molecule has 0 aliphatic carbocycles. The Morgan fingerprint density at radius 1 is 0.958 bits per heavy atom. The summed E-state index contributed by atoms with van der Waals surface area (Å²) in [6.45, 7) is 12.0. The minimum Gasteiger partial charge on any atom is -0.481 e. The van der Waals surface area contributed by atoms with Crippen LogP contribution < -0.4 is 10.1 Å². The molecular weight excluding hydrogens is 298 g/mol. The fourth-order valence-corrected chi connectivity index (χ4v) is 2.54. The molecule has 0 fully saturated rings. The van der Waals surface area contributed by atoms with E-state index in [9.17, 15) is 4.79 Å². The van der Waals surface area contributed by atoms with Gasteiger partial charge in [0, 0.05) is 0 Å².